The van der Waals surface area contributed by atoms with Crippen molar-refractivity contribution < 1.29 is 9.53 Å². The Labute approximate surface area is 134 Å². The van der Waals surface area contributed by atoms with Crippen LogP contribution < -0.4 is 11.1 Å². The highest BCUT2D eigenvalue weighted by Gasteiger charge is 2.23. The zero-order chi connectivity index (χ0) is 15.2. The largest absolute Gasteiger partial charge is 0.462 e. The van der Waals surface area contributed by atoms with E-state index in [4.69, 9.17) is 10.5 Å². The van der Waals surface area contributed by atoms with Crippen LogP contribution in [0.15, 0.2) is 4.90 Å². The lowest BCUT2D eigenvalue weighted by atomic mass is 10.1. The quantitative estimate of drug-likeness (QED) is 0.477. The molecular weight excluding hydrogens is 304 g/mol. The molecule has 1 aromatic rings. The SMILES string of the molecule is CCOC(=O)c1sc(NC2CCCCCC2)c(SC)c1N. The number of carbonyl (C=O) groups is 1. The van der Waals surface area contributed by atoms with Gasteiger partial charge in [0.25, 0.3) is 0 Å². The first-order valence-corrected chi connectivity index (χ1v) is 9.61. The minimum atomic E-state index is -0.316. The third-order valence-corrected chi connectivity index (χ3v) is 5.83. The van der Waals surface area contributed by atoms with E-state index in [1.807, 2.05) is 13.2 Å². The molecule has 0 aromatic carbocycles. The number of carbonyl (C=O) groups excluding carboxylic acids is 1. The average Bonchev–Trinajstić information content (AvgIpc) is 2.65. The molecule has 1 aromatic heterocycles. The lowest BCUT2D eigenvalue weighted by Crippen LogP contribution is -2.17. The van der Waals surface area contributed by atoms with Crippen molar-refractivity contribution in [3.8, 4) is 0 Å². The van der Waals surface area contributed by atoms with Gasteiger partial charge in [-0.25, -0.2) is 4.79 Å². The van der Waals surface area contributed by atoms with E-state index in [-0.39, 0.29) is 5.97 Å². The summed E-state index contributed by atoms with van der Waals surface area (Å²) in [5.41, 5.74) is 6.69. The van der Waals surface area contributed by atoms with Crippen molar-refractivity contribution in [2.45, 2.75) is 56.4 Å². The number of nitrogens with two attached hydrogens (primary N) is 1. The van der Waals surface area contributed by atoms with Gasteiger partial charge in [-0.1, -0.05) is 25.7 Å². The van der Waals surface area contributed by atoms with Gasteiger partial charge in [-0.05, 0) is 26.0 Å². The van der Waals surface area contributed by atoms with E-state index in [1.165, 1.54) is 49.9 Å². The average molecular weight is 329 g/mol. The number of anilines is 2. The van der Waals surface area contributed by atoms with Gasteiger partial charge in [0, 0.05) is 6.04 Å². The Kier molecular flexibility index (Phi) is 6.23. The Morgan fingerprint density at radius 1 is 1.38 bits per heavy atom. The molecule has 118 valence electrons. The summed E-state index contributed by atoms with van der Waals surface area (Å²) in [6.45, 7) is 2.18. The van der Waals surface area contributed by atoms with Crippen LogP contribution >= 0.6 is 23.1 Å². The molecule has 1 saturated carbocycles. The van der Waals surface area contributed by atoms with Gasteiger partial charge < -0.3 is 15.8 Å². The maximum absolute atomic E-state index is 12.0. The molecule has 0 atom stereocenters. The first-order chi connectivity index (χ1) is 10.2. The highest BCUT2D eigenvalue weighted by molar-refractivity contribution is 7.99. The van der Waals surface area contributed by atoms with Gasteiger partial charge in [0.1, 0.15) is 9.88 Å². The fourth-order valence-corrected chi connectivity index (χ4v) is 4.68. The third kappa shape index (κ3) is 4.07. The molecular formula is C15H24N2O2S2. The molecule has 21 heavy (non-hydrogen) atoms. The lowest BCUT2D eigenvalue weighted by Gasteiger charge is -2.17. The number of ether oxygens (including phenoxy) is 1. The molecule has 0 bridgehead atoms. The molecule has 0 unspecified atom stereocenters. The maximum Gasteiger partial charge on any atom is 0.350 e. The number of esters is 1. The summed E-state index contributed by atoms with van der Waals surface area (Å²) in [6, 6.07) is 0.492. The summed E-state index contributed by atoms with van der Waals surface area (Å²) in [6.07, 6.45) is 9.59. The molecule has 1 fully saturated rings. The van der Waals surface area contributed by atoms with Crippen LogP contribution in [-0.4, -0.2) is 24.9 Å². The number of thiophene rings is 1. The second-order valence-electron chi connectivity index (χ2n) is 5.26. The molecule has 0 radical (unpaired) electrons. The van der Waals surface area contributed by atoms with Gasteiger partial charge in [-0.3, -0.25) is 0 Å². The Morgan fingerprint density at radius 3 is 2.62 bits per heavy atom. The van der Waals surface area contributed by atoms with E-state index in [2.05, 4.69) is 5.32 Å². The summed E-state index contributed by atoms with van der Waals surface area (Å²) in [7, 11) is 0. The second kappa shape index (κ2) is 7.94. The van der Waals surface area contributed by atoms with Crippen molar-refractivity contribution >= 4 is 39.8 Å². The number of hydrogen-bond donors (Lipinski definition) is 2. The number of nitrogen functional groups attached to an aromatic ring is 1. The van der Waals surface area contributed by atoms with Gasteiger partial charge in [0.2, 0.25) is 0 Å². The number of hydrogen-bond acceptors (Lipinski definition) is 6. The molecule has 0 amide bonds. The number of thioether (sulfide) groups is 1. The van der Waals surface area contributed by atoms with E-state index in [9.17, 15) is 4.79 Å². The molecule has 2 rings (SSSR count). The summed E-state index contributed by atoms with van der Waals surface area (Å²) >= 11 is 3.02. The standard InChI is InChI=1S/C15H24N2O2S2/c1-3-19-15(18)13-11(16)12(20-2)14(21-13)17-10-8-6-4-5-7-9-10/h10,17H,3-9,16H2,1-2H3. The summed E-state index contributed by atoms with van der Waals surface area (Å²) in [5, 5.41) is 4.63. The van der Waals surface area contributed by atoms with Crippen molar-refractivity contribution in [2.75, 3.05) is 23.9 Å². The highest BCUT2D eigenvalue weighted by Crippen LogP contribution is 2.42. The van der Waals surface area contributed by atoms with Crippen LogP contribution in [0.4, 0.5) is 10.7 Å². The summed E-state index contributed by atoms with van der Waals surface area (Å²) in [5.74, 6) is -0.316. The monoisotopic (exact) mass is 328 g/mol. The van der Waals surface area contributed by atoms with Crippen molar-refractivity contribution in [1.82, 2.24) is 0 Å². The Bertz CT molecular complexity index is 480. The first-order valence-electron chi connectivity index (χ1n) is 7.57. The second-order valence-corrected chi connectivity index (χ2v) is 7.10. The zero-order valence-electron chi connectivity index (χ0n) is 12.7. The topological polar surface area (TPSA) is 64.3 Å². The van der Waals surface area contributed by atoms with Gasteiger partial charge in [-0.2, -0.15) is 0 Å². The Morgan fingerprint density at radius 2 is 2.05 bits per heavy atom. The fraction of sp³-hybridized carbons (Fsp3) is 0.667. The zero-order valence-corrected chi connectivity index (χ0v) is 14.4. The van der Waals surface area contributed by atoms with E-state index in [1.54, 1.807) is 11.8 Å². The maximum atomic E-state index is 12.0. The molecule has 1 heterocycles. The highest BCUT2D eigenvalue weighted by atomic mass is 32.2. The molecule has 1 aliphatic carbocycles. The van der Waals surface area contributed by atoms with E-state index >= 15 is 0 Å². The van der Waals surface area contributed by atoms with Crippen molar-refractivity contribution in [1.29, 1.82) is 0 Å². The van der Waals surface area contributed by atoms with Crippen molar-refractivity contribution in [2.24, 2.45) is 0 Å². The molecule has 1 aliphatic rings. The minimum absolute atomic E-state index is 0.316. The Balaban J connectivity index is 2.17. The number of rotatable bonds is 5. The smallest absolute Gasteiger partial charge is 0.350 e. The first kappa shape index (κ1) is 16.5. The fourth-order valence-electron chi connectivity index (χ4n) is 2.68. The molecule has 4 nitrogen and oxygen atoms in total. The Hall–Kier alpha value is -0.880. The van der Waals surface area contributed by atoms with Crippen molar-refractivity contribution in [3.05, 3.63) is 4.88 Å². The van der Waals surface area contributed by atoms with E-state index in [0.717, 1.165) is 9.90 Å². The molecule has 6 heteroatoms. The van der Waals surface area contributed by atoms with Gasteiger partial charge in [-0.15, -0.1) is 23.1 Å². The molecule has 3 N–H and O–H groups in total. The molecule has 0 spiro atoms. The van der Waals surface area contributed by atoms with Crippen LogP contribution in [0, 0.1) is 0 Å². The van der Waals surface area contributed by atoms with Crippen LogP contribution in [0.25, 0.3) is 0 Å². The normalized spacial score (nSPS) is 16.5. The molecule has 0 saturated heterocycles. The van der Waals surface area contributed by atoms with Crippen molar-refractivity contribution in [3.63, 3.8) is 0 Å². The predicted molar refractivity (Wildman–Crippen MR) is 91.6 cm³/mol. The van der Waals surface area contributed by atoms with Crippen LogP contribution in [0.5, 0.6) is 0 Å². The van der Waals surface area contributed by atoms with Crippen LogP contribution in [-0.2, 0) is 4.74 Å². The lowest BCUT2D eigenvalue weighted by molar-refractivity contribution is 0.0533. The summed E-state index contributed by atoms with van der Waals surface area (Å²) < 4.78 is 5.09. The van der Waals surface area contributed by atoms with E-state index < -0.39 is 0 Å². The molecule has 0 aliphatic heterocycles. The van der Waals surface area contributed by atoms with Crippen LogP contribution in [0.3, 0.4) is 0 Å². The van der Waals surface area contributed by atoms with Gasteiger partial charge >= 0.3 is 5.97 Å². The third-order valence-electron chi connectivity index (χ3n) is 3.75. The number of nitrogens with one attached hydrogen (secondary N) is 1. The van der Waals surface area contributed by atoms with E-state index in [0.29, 0.717) is 23.2 Å². The minimum Gasteiger partial charge on any atom is -0.462 e. The van der Waals surface area contributed by atoms with Crippen LogP contribution in [0.1, 0.15) is 55.1 Å². The predicted octanol–water partition coefficient (Wildman–Crippen LogP) is 4.36. The van der Waals surface area contributed by atoms with Crippen LogP contribution in [0.2, 0.25) is 0 Å². The van der Waals surface area contributed by atoms with Gasteiger partial charge in [0.05, 0.1) is 17.2 Å². The summed E-state index contributed by atoms with van der Waals surface area (Å²) in [4.78, 5) is 13.5. The van der Waals surface area contributed by atoms with Gasteiger partial charge in [0.15, 0.2) is 0 Å².